The molecule has 6 rings (SSSR count). The van der Waals surface area contributed by atoms with E-state index < -0.39 is 27.7 Å². The summed E-state index contributed by atoms with van der Waals surface area (Å²) in [4.78, 5) is 27.0. The Hall–Kier alpha value is -4.51. The smallest absolute Gasteiger partial charge is 0.342 e. The first-order valence-electron chi connectivity index (χ1n) is 16.3. The van der Waals surface area contributed by atoms with Gasteiger partial charge < -0.3 is 13.7 Å². The van der Waals surface area contributed by atoms with E-state index in [1.165, 1.54) is 22.6 Å². The zero-order valence-electron chi connectivity index (χ0n) is 29.3. The van der Waals surface area contributed by atoms with Gasteiger partial charge in [0.05, 0.1) is 11.1 Å². The van der Waals surface area contributed by atoms with E-state index in [0.717, 1.165) is 42.5 Å². The van der Waals surface area contributed by atoms with E-state index in [4.69, 9.17) is 13.7 Å². The number of ether oxygens (including phenoxy) is 2. The van der Waals surface area contributed by atoms with Gasteiger partial charge in [-0.2, -0.15) is 8.42 Å². The summed E-state index contributed by atoms with van der Waals surface area (Å²) in [5.41, 5.74) is 4.23. The molecule has 1 heterocycles. The van der Waals surface area contributed by atoms with Gasteiger partial charge in [0.25, 0.3) is 0 Å². The molecule has 0 amide bonds. The summed E-state index contributed by atoms with van der Waals surface area (Å²) in [6.07, 6.45) is -0.0861. The van der Waals surface area contributed by atoms with E-state index in [9.17, 15) is 18.0 Å². The second-order valence-electron chi connectivity index (χ2n) is 13.5. The Kier molecular flexibility index (Phi) is 9.89. The average molecular weight is 786 g/mol. The van der Waals surface area contributed by atoms with Crippen LogP contribution < -0.4 is 8.92 Å². The minimum absolute atomic E-state index is 0.0861. The maximum atomic E-state index is 13.9. The summed E-state index contributed by atoms with van der Waals surface area (Å²) >= 11 is 5.61. The molecule has 1 aromatic heterocycles. The fraction of sp³-hybridized carbons (Fsp3) is 0.220. The zero-order chi connectivity index (χ0) is 36.8. The lowest BCUT2D eigenvalue weighted by molar-refractivity contribution is -0.133. The number of hydrogen-bond donors (Lipinski definition) is 0. The molecule has 262 valence electrons. The topological polar surface area (TPSA) is 96.0 Å². The van der Waals surface area contributed by atoms with Gasteiger partial charge in [0.15, 0.2) is 0 Å². The highest BCUT2D eigenvalue weighted by atomic mass is 79.9. The van der Waals surface area contributed by atoms with E-state index in [0.29, 0.717) is 16.7 Å². The molecule has 0 aliphatic heterocycles. The van der Waals surface area contributed by atoms with Crippen LogP contribution >= 0.6 is 27.3 Å². The Labute approximate surface area is 310 Å². The molecule has 51 heavy (non-hydrogen) atoms. The maximum absolute atomic E-state index is 13.9. The molecule has 0 spiro atoms. The highest BCUT2D eigenvalue weighted by Crippen LogP contribution is 2.48. The summed E-state index contributed by atoms with van der Waals surface area (Å²) in [7, 11) is -4.46. The van der Waals surface area contributed by atoms with Crippen molar-refractivity contribution in [3.63, 3.8) is 0 Å². The van der Waals surface area contributed by atoms with Crippen molar-refractivity contribution in [2.24, 2.45) is 0 Å². The molecule has 5 aromatic carbocycles. The molecular weight excluding hydrogens is 748 g/mol. The van der Waals surface area contributed by atoms with Crippen molar-refractivity contribution in [3.05, 3.63) is 122 Å². The molecule has 0 saturated carbocycles. The fourth-order valence-corrected chi connectivity index (χ4v) is 9.05. The number of rotatable bonds is 8. The van der Waals surface area contributed by atoms with Gasteiger partial charge in [0.2, 0.25) is 0 Å². The largest absolute Gasteiger partial charge is 0.456 e. The number of carbonyl (C=O) groups excluding carboxylic acids is 2. The molecule has 10 heteroatoms. The first-order valence-corrected chi connectivity index (χ1v) is 19.3. The number of esters is 2. The highest BCUT2D eigenvalue weighted by molar-refractivity contribution is 9.11. The summed E-state index contributed by atoms with van der Waals surface area (Å²) in [5.74, 6) is -1.49. The number of thiophene rings is 1. The number of halogens is 1. The molecule has 6 aromatic rings. The van der Waals surface area contributed by atoms with Gasteiger partial charge in [0.1, 0.15) is 27.6 Å². The standard InChI is InChI=1S/C41H37BrO7S2/c1-23-19-28(36-30-15-11-12-16-31(30)37(42)39-35(36)25(3)26(4)50-39)20-24(2)38(23)49-51(45,46)29-17-18-32(40(44)48-41(5,6)7)33(22-29)47-34(43)21-27-13-9-8-10-14-27/h8-20,22H,21H2,1-7H3. The maximum Gasteiger partial charge on any atom is 0.342 e. The summed E-state index contributed by atoms with van der Waals surface area (Å²) in [6, 6.07) is 24.7. The molecule has 0 aliphatic rings. The number of aryl methyl sites for hydroxylation is 4. The number of carbonyl (C=O) groups is 2. The SMILES string of the molecule is Cc1cc(-c2c3ccccc3c(Br)c3sc(C)c(C)c23)cc(C)c1OS(=O)(=O)c1ccc(C(=O)OC(C)(C)C)c(OC(=O)Cc2ccccc2)c1. The van der Waals surface area contributed by atoms with E-state index in [1.807, 2.05) is 44.2 Å². The minimum Gasteiger partial charge on any atom is -0.456 e. The minimum atomic E-state index is -4.46. The lowest BCUT2D eigenvalue weighted by Crippen LogP contribution is -2.25. The van der Waals surface area contributed by atoms with Crippen molar-refractivity contribution in [1.29, 1.82) is 0 Å². The summed E-state index contributed by atoms with van der Waals surface area (Å²) < 4.78 is 46.9. The van der Waals surface area contributed by atoms with Crippen LogP contribution in [0.1, 0.15) is 58.3 Å². The van der Waals surface area contributed by atoms with Gasteiger partial charge in [-0.1, -0.05) is 54.6 Å². The molecular formula is C41H37BrO7S2. The summed E-state index contributed by atoms with van der Waals surface area (Å²) in [6.45, 7) is 13.0. The second kappa shape index (κ2) is 13.9. The molecule has 0 saturated heterocycles. The quantitative estimate of drug-likeness (QED) is 0.0861. The lowest BCUT2D eigenvalue weighted by atomic mass is 9.91. The third kappa shape index (κ3) is 7.45. The lowest BCUT2D eigenvalue weighted by Gasteiger charge is -2.21. The van der Waals surface area contributed by atoms with Crippen LogP contribution in [0.15, 0.2) is 94.3 Å². The highest BCUT2D eigenvalue weighted by Gasteiger charge is 2.28. The van der Waals surface area contributed by atoms with Crippen LogP contribution in [0.4, 0.5) is 0 Å². The Morgan fingerprint density at radius 1 is 0.824 bits per heavy atom. The molecule has 0 bridgehead atoms. The van der Waals surface area contributed by atoms with Gasteiger partial charge in [-0.15, -0.1) is 11.3 Å². The third-order valence-electron chi connectivity index (χ3n) is 8.49. The van der Waals surface area contributed by atoms with Crippen LogP contribution in [0.2, 0.25) is 0 Å². The van der Waals surface area contributed by atoms with Gasteiger partial charge in [0, 0.05) is 20.8 Å². The second-order valence-corrected chi connectivity index (χ2v) is 17.1. The Bertz CT molecular complexity index is 2440. The predicted molar refractivity (Wildman–Crippen MR) is 207 cm³/mol. The summed E-state index contributed by atoms with van der Waals surface area (Å²) in [5, 5.41) is 3.33. The monoisotopic (exact) mass is 784 g/mol. The molecule has 0 fully saturated rings. The predicted octanol–water partition coefficient (Wildman–Crippen LogP) is 10.6. The van der Waals surface area contributed by atoms with Crippen LogP contribution in [0.3, 0.4) is 0 Å². The zero-order valence-corrected chi connectivity index (χ0v) is 32.6. The molecule has 0 unspecified atom stereocenters. The molecule has 7 nitrogen and oxygen atoms in total. The normalized spacial score (nSPS) is 11.9. The van der Waals surface area contributed by atoms with Crippen LogP contribution in [0.5, 0.6) is 11.5 Å². The Morgan fingerprint density at radius 2 is 1.45 bits per heavy atom. The number of hydrogen-bond acceptors (Lipinski definition) is 8. The van der Waals surface area contributed by atoms with Crippen molar-refractivity contribution in [2.75, 3.05) is 0 Å². The van der Waals surface area contributed by atoms with Crippen LogP contribution in [-0.4, -0.2) is 26.0 Å². The molecule has 0 atom stereocenters. The third-order valence-corrected chi connectivity index (χ3v) is 12.0. The van der Waals surface area contributed by atoms with Crippen LogP contribution in [0, 0.1) is 27.7 Å². The first-order chi connectivity index (χ1) is 24.0. The van der Waals surface area contributed by atoms with E-state index in [2.05, 4.69) is 41.9 Å². The Balaban J connectivity index is 1.38. The van der Waals surface area contributed by atoms with Crippen LogP contribution in [0.25, 0.3) is 32.0 Å². The molecule has 0 radical (unpaired) electrons. The fourth-order valence-electron chi connectivity index (χ4n) is 6.08. The Morgan fingerprint density at radius 3 is 2.10 bits per heavy atom. The van der Waals surface area contributed by atoms with Gasteiger partial charge in [-0.3, -0.25) is 4.79 Å². The van der Waals surface area contributed by atoms with Gasteiger partial charge in [-0.25, -0.2) is 4.79 Å². The van der Waals surface area contributed by atoms with Gasteiger partial charge in [-0.05, 0) is 133 Å². The van der Waals surface area contributed by atoms with Crippen molar-refractivity contribution in [3.8, 4) is 22.6 Å². The number of benzene rings is 5. The first kappa shape index (κ1) is 36.3. The van der Waals surface area contributed by atoms with Crippen LogP contribution in [-0.2, 0) is 26.1 Å². The van der Waals surface area contributed by atoms with Gasteiger partial charge >= 0.3 is 22.1 Å². The average Bonchev–Trinajstić information content (AvgIpc) is 3.36. The van der Waals surface area contributed by atoms with Crippen molar-refractivity contribution >= 4 is 70.2 Å². The van der Waals surface area contributed by atoms with E-state index in [1.54, 1.807) is 56.4 Å². The number of fused-ring (bicyclic) bond motifs is 2. The van der Waals surface area contributed by atoms with Crippen molar-refractivity contribution < 1.29 is 31.7 Å². The van der Waals surface area contributed by atoms with Crippen molar-refractivity contribution in [1.82, 2.24) is 0 Å². The molecule has 0 N–H and O–H groups in total. The van der Waals surface area contributed by atoms with E-state index >= 15 is 0 Å². The van der Waals surface area contributed by atoms with Crippen molar-refractivity contribution in [2.45, 2.75) is 65.4 Å². The van der Waals surface area contributed by atoms with E-state index in [-0.39, 0.29) is 28.4 Å². The molecule has 0 aliphatic carbocycles.